The monoisotopic (exact) mass is 219 g/mol. The molecule has 1 rings (SSSR count). The molecule has 1 amide bonds. The van der Waals surface area contributed by atoms with E-state index in [2.05, 4.69) is 12.2 Å². The summed E-state index contributed by atoms with van der Waals surface area (Å²) in [5.41, 5.74) is 1.93. The maximum Gasteiger partial charge on any atom is 0.251 e. The Morgan fingerprint density at radius 2 is 1.81 bits per heavy atom. The van der Waals surface area contributed by atoms with Gasteiger partial charge in [-0.1, -0.05) is 43.9 Å². The molecule has 0 fully saturated rings. The topological polar surface area (TPSA) is 29.1 Å². The molecule has 0 spiro atoms. The molecule has 1 N–H and O–H groups in total. The first-order valence-corrected chi connectivity index (χ1v) is 6.09. The third-order valence-electron chi connectivity index (χ3n) is 2.63. The molecule has 0 aliphatic carbocycles. The van der Waals surface area contributed by atoms with Gasteiger partial charge in [-0.3, -0.25) is 4.79 Å². The van der Waals surface area contributed by atoms with E-state index >= 15 is 0 Å². The summed E-state index contributed by atoms with van der Waals surface area (Å²) < 4.78 is 0. The Kier molecular flexibility index (Phi) is 5.62. The van der Waals surface area contributed by atoms with E-state index in [-0.39, 0.29) is 5.91 Å². The van der Waals surface area contributed by atoms with Gasteiger partial charge in [-0.15, -0.1) is 0 Å². The van der Waals surface area contributed by atoms with Crippen LogP contribution in [0.5, 0.6) is 0 Å². The second-order valence-electron chi connectivity index (χ2n) is 4.18. The van der Waals surface area contributed by atoms with Crippen LogP contribution >= 0.6 is 0 Å². The average molecular weight is 219 g/mol. The lowest BCUT2D eigenvalue weighted by Crippen LogP contribution is -2.24. The molecule has 0 radical (unpaired) electrons. The Balaban J connectivity index is 2.27. The summed E-state index contributed by atoms with van der Waals surface area (Å²) in [4.78, 5) is 11.7. The normalized spacial score (nSPS) is 10.1. The van der Waals surface area contributed by atoms with Gasteiger partial charge in [-0.2, -0.15) is 0 Å². The minimum Gasteiger partial charge on any atom is -0.352 e. The van der Waals surface area contributed by atoms with E-state index in [0.717, 1.165) is 18.5 Å². The molecule has 0 atom stereocenters. The van der Waals surface area contributed by atoms with E-state index in [1.54, 1.807) is 0 Å². The summed E-state index contributed by atoms with van der Waals surface area (Å²) >= 11 is 0. The first-order chi connectivity index (χ1) is 7.74. The van der Waals surface area contributed by atoms with Gasteiger partial charge in [0.05, 0.1) is 0 Å². The molecule has 2 nitrogen and oxygen atoms in total. The molecular formula is C14H21NO. The van der Waals surface area contributed by atoms with Gasteiger partial charge in [0, 0.05) is 12.1 Å². The number of aryl methyl sites for hydroxylation is 1. The Morgan fingerprint density at radius 1 is 1.12 bits per heavy atom. The third-order valence-corrected chi connectivity index (χ3v) is 2.63. The summed E-state index contributed by atoms with van der Waals surface area (Å²) in [5.74, 6) is 0.0384. The summed E-state index contributed by atoms with van der Waals surface area (Å²) in [5, 5.41) is 2.94. The van der Waals surface area contributed by atoms with E-state index in [1.807, 2.05) is 31.2 Å². The quantitative estimate of drug-likeness (QED) is 0.731. The first-order valence-electron chi connectivity index (χ1n) is 6.09. The largest absolute Gasteiger partial charge is 0.352 e. The Morgan fingerprint density at radius 3 is 2.44 bits per heavy atom. The van der Waals surface area contributed by atoms with E-state index in [0.29, 0.717) is 0 Å². The maximum absolute atomic E-state index is 11.7. The molecule has 0 aliphatic rings. The van der Waals surface area contributed by atoms with Gasteiger partial charge in [-0.05, 0) is 25.5 Å². The number of nitrogens with one attached hydrogen (secondary N) is 1. The lowest BCUT2D eigenvalue weighted by Gasteiger charge is -2.05. The molecule has 0 saturated carbocycles. The minimum absolute atomic E-state index is 0.0384. The zero-order valence-electron chi connectivity index (χ0n) is 10.3. The fourth-order valence-corrected chi connectivity index (χ4v) is 1.56. The van der Waals surface area contributed by atoms with Crippen LogP contribution in [0.1, 0.15) is 48.5 Å². The van der Waals surface area contributed by atoms with Gasteiger partial charge in [0.25, 0.3) is 5.91 Å². The fourth-order valence-electron chi connectivity index (χ4n) is 1.56. The van der Waals surface area contributed by atoms with Crippen LogP contribution in [0.15, 0.2) is 24.3 Å². The van der Waals surface area contributed by atoms with Crippen molar-refractivity contribution in [2.24, 2.45) is 0 Å². The molecule has 16 heavy (non-hydrogen) atoms. The highest BCUT2D eigenvalue weighted by molar-refractivity contribution is 5.94. The van der Waals surface area contributed by atoms with Crippen molar-refractivity contribution in [3.05, 3.63) is 35.4 Å². The van der Waals surface area contributed by atoms with E-state index in [4.69, 9.17) is 0 Å². The fraction of sp³-hybridized carbons (Fsp3) is 0.500. The number of carbonyl (C=O) groups is 1. The summed E-state index contributed by atoms with van der Waals surface area (Å²) in [6.45, 7) is 4.99. The van der Waals surface area contributed by atoms with Crippen molar-refractivity contribution in [2.45, 2.75) is 39.5 Å². The van der Waals surface area contributed by atoms with Crippen LogP contribution in [-0.4, -0.2) is 12.5 Å². The molecule has 1 aromatic rings. The Hall–Kier alpha value is -1.31. The zero-order valence-corrected chi connectivity index (χ0v) is 10.3. The first kappa shape index (κ1) is 12.8. The van der Waals surface area contributed by atoms with Gasteiger partial charge in [0.2, 0.25) is 0 Å². The lowest BCUT2D eigenvalue weighted by molar-refractivity contribution is 0.0953. The SMILES string of the molecule is CCCCCCNC(=O)c1ccc(C)cc1. The van der Waals surface area contributed by atoms with E-state index in [9.17, 15) is 4.79 Å². The number of rotatable bonds is 6. The second-order valence-corrected chi connectivity index (χ2v) is 4.18. The van der Waals surface area contributed by atoms with E-state index < -0.39 is 0 Å². The Bertz CT molecular complexity index is 316. The molecule has 0 saturated heterocycles. The van der Waals surface area contributed by atoms with Crippen LogP contribution in [-0.2, 0) is 0 Å². The van der Waals surface area contributed by atoms with Crippen molar-refractivity contribution in [2.75, 3.05) is 6.54 Å². The number of carbonyl (C=O) groups excluding carboxylic acids is 1. The number of hydrogen-bond acceptors (Lipinski definition) is 1. The molecule has 2 heteroatoms. The van der Waals surface area contributed by atoms with Crippen LogP contribution in [0.2, 0.25) is 0 Å². The van der Waals surface area contributed by atoms with Gasteiger partial charge in [0.1, 0.15) is 0 Å². The van der Waals surface area contributed by atoms with Crippen LogP contribution in [0.25, 0.3) is 0 Å². The van der Waals surface area contributed by atoms with Crippen molar-refractivity contribution >= 4 is 5.91 Å². The molecule has 88 valence electrons. The van der Waals surface area contributed by atoms with Crippen molar-refractivity contribution in [1.82, 2.24) is 5.32 Å². The summed E-state index contributed by atoms with van der Waals surface area (Å²) in [6.07, 6.45) is 4.75. The van der Waals surface area contributed by atoms with Crippen LogP contribution < -0.4 is 5.32 Å². The van der Waals surface area contributed by atoms with Gasteiger partial charge >= 0.3 is 0 Å². The number of hydrogen-bond donors (Lipinski definition) is 1. The predicted molar refractivity (Wildman–Crippen MR) is 67.7 cm³/mol. The Labute approximate surface area is 98.1 Å². The van der Waals surface area contributed by atoms with Crippen molar-refractivity contribution in [3.8, 4) is 0 Å². The van der Waals surface area contributed by atoms with Crippen LogP contribution in [0, 0.1) is 6.92 Å². The van der Waals surface area contributed by atoms with Crippen molar-refractivity contribution in [3.63, 3.8) is 0 Å². The molecule has 0 aromatic heterocycles. The average Bonchev–Trinajstić information content (AvgIpc) is 2.29. The summed E-state index contributed by atoms with van der Waals surface area (Å²) in [6, 6.07) is 7.67. The smallest absolute Gasteiger partial charge is 0.251 e. The highest BCUT2D eigenvalue weighted by atomic mass is 16.1. The predicted octanol–water partition coefficient (Wildman–Crippen LogP) is 3.31. The standard InChI is InChI=1S/C14H21NO/c1-3-4-5-6-11-15-14(16)13-9-7-12(2)8-10-13/h7-10H,3-6,11H2,1-2H3,(H,15,16). The van der Waals surface area contributed by atoms with Gasteiger partial charge in [-0.25, -0.2) is 0 Å². The molecule has 1 aromatic carbocycles. The van der Waals surface area contributed by atoms with Crippen LogP contribution in [0.3, 0.4) is 0 Å². The van der Waals surface area contributed by atoms with Crippen molar-refractivity contribution < 1.29 is 4.79 Å². The maximum atomic E-state index is 11.7. The number of amides is 1. The molecule has 0 aliphatic heterocycles. The van der Waals surface area contributed by atoms with Gasteiger partial charge in [0.15, 0.2) is 0 Å². The second kappa shape index (κ2) is 7.04. The third kappa shape index (κ3) is 4.47. The van der Waals surface area contributed by atoms with Crippen molar-refractivity contribution in [1.29, 1.82) is 0 Å². The van der Waals surface area contributed by atoms with E-state index in [1.165, 1.54) is 24.8 Å². The number of benzene rings is 1. The highest BCUT2D eigenvalue weighted by Gasteiger charge is 2.02. The molecule has 0 bridgehead atoms. The lowest BCUT2D eigenvalue weighted by atomic mass is 10.1. The molecule has 0 heterocycles. The molecule has 0 unspecified atom stereocenters. The van der Waals surface area contributed by atoms with Crippen LogP contribution in [0.4, 0.5) is 0 Å². The number of unbranched alkanes of at least 4 members (excludes halogenated alkanes) is 3. The highest BCUT2D eigenvalue weighted by Crippen LogP contribution is 2.03. The molecular weight excluding hydrogens is 198 g/mol. The van der Waals surface area contributed by atoms with Gasteiger partial charge < -0.3 is 5.32 Å². The zero-order chi connectivity index (χ0) is 11.8. The summed E-state index contributed by atoms with van der Waals surface area (Å²) in [7, 11) is 0. The minimum atomic E-state index is 0.0384.